The van der Waals surface area contributed by atoms with Crippen molar-refractivity contribution in [2.24, 2.45) is 5.10 Å². The zero-order chi connectivity index (χ0) is 24.4. The van der Waals surface area contributed by atoms with Gasteiger partial charge in [0.1, 0.15) is 11.4 Å². The predicted molar refractivity (Wildman–Crippen MR) is 139 cm³/mol. The quantitative estimate of drug-likeness (QED) is 0.248. The summed E-state index contributed by atoms with van der Waals surface area (Å²) in [7, 11) is -1.64. The molecule has 8 nitrogen and oxygen atoms in total. The summed E-state index contributed by atoms with van der Waals surface area (Å²) in [5.74, 6) is 0.793. The van der Waals surface area contributed by atoms with Crippen molar-refractivity contribution in [3.63, 3.8) is 0 Å². The Hall–Kier alpha value is -4.02. The van der Waals surface area contributed by atoms with Gasteiger partial charge in [0.2, 0.25) is 5.13 Å². The minimum absolute atomic E-state index is 0.262. The van der Waals surface area contributed by atoms with E-state index in [0.717, 1.165) is 33.9 Å². The van der Waals surface area contributed by atoms with Crippen LogP contribution >= 0.6 is 11.3 Å². The molecule has 0 aliphatic heterocycles. The molecule has 5 rings (SSSR count). The molecule has 2 aromatic carbocycles. The number of pyridine rings is 1. The minimum atomic E-state index is -3.28. The van der Waals surface area contributed by atoms with E-state index in [1.54, 1.807) is 37.6 Å². The molecule has 0 aliphatic rings. The number of sulfone groups is 1. The van der Waals surface area contributed by atoms with Crippen molar-refractivity contribution in [1.82, 2.24) is 14.4 Å². The Balaban J connectivity index is 1.42. The molecular weight excluding hydrogens is 482 g/mol. The average molecular weight is 504 g/mol. The minimum Gasteiger partial charge on any atom is -0.497 e. The lowest BCUT2D eigenvalue weighted by atomic mass is 10.1. The molecule has 0 bridgehead atoms. The van der Waals surface area contributed by atoms with Crippen LogP contribution < -0.4 is 10.2 Å². The second kappa shape index (κ2) is 9.32. The first kappa shape index (κ1) is 22.8. The summed E-state index contributed by atoms with van der Waals surface area (Å²) in [6.45, 7) is 0. The van der Waals surface area contributed by atoms with Crippen LogP contribution in [-0.4, -0.2) is 42.4 Å². The van der Waals surface area contributed by atoms with Crippen LogP contribution in [0.2, 0.25) is 0 Å². The summed E-state index contributed by atoms with van der Waals surface area (Å²) in [6, 6.07) is 20.1. The van der Waals surface area contributed by atoms with E-state index in [1.807, 2.05) is 58.4 Å². The maximum Gasteiger partial charge on any atom is 0.203 e. The Morgan fingerprint density at radius 2 is 1.74 bits per heavy atom. The maximum absolute atomic E-state index is 11.8. The summed E-state index contributed by atoms with van der Waals surface area (Å²) < 4.78 is 30.8. The number of hydrogen-bond donors (Lipinski definition) is 1. The van der Waals surface area contributed by atoms with Gasteiger partial charge >= 0.3 is 0 Å². The number of nitrogens with zero attached hydrogens (tertiary/aromatic N) is 4. The maximum atomic E-state index is 11.8. The third-order valence-corrected chi connectivity index (χ3v) is 7.24. The summed E-state index contributed by atoms with van der Waals surface area (Å²) in [4.78, 5) is 9.60. The molecule has 10 heteroatoms. The highest BCUT2D eigenvalue weighted by atomic mass is 32.2. The Bertz CT molecular complexity index is 1620. The van der Waals surface area contributed by atoms with Crippen LogP contribution in [0.5, 0.6) is 5.75 Å². The number of ether oxygens (including phenoxy) is 1. The van der Waals surface area contributed by atoms with E-state index in [-0.39, 0.29) is 4.90 Å². The van der Waals surface area contributed by atoms with Crippen LogP contribution in [0.4, 0.5) is 5.13 Å². The molecule has 176 valence electrons. The number of anilines is 1. The van der Waals surface area contributed by atoms with Crippen molar-refractivity contribution in [3.05, 3.63) is 84.0 Å². The lowest BCUT2D eigenvalue weighted by Gasteiger charge is -2.03. The molecule has 3 heterocycles. The topological polar surface area (TPSA) is 97.9 Å². The predicted octanol–water partition coefficient (Wildman–Crippen LogP) is 4.98. The molecule has 0 spiro atoms. The molecule has 0 unspecified atom stereocenters. The fourth-order valence-electron chi connectivity index (χ4n) is 3.58. The Morgan fingerprint density at radius 3 is 2.46 bits per heavy atom. The summed E-state index contributed by atoms with van der Waals surface area (Å²) in [5, 5.41) is 7.02. The van der Waals surface area contributed by atoms with Gasteiger partial charge in [-0.25, -0.2) is 18.4 Å². The molecule has 0 atom stereocenters. The zero-order valence-corrected chi connectivity index (χ0v) is 20.5. The van der Waals surface area contributed by atoms with Gasteiger partial charge in [0.05, 0.1) is 35.3 Å². The number of aromatic nitrogens is 3. The standard InChI is InChI=1S/C25H21N5O3S2/c1-33-19-10-6-17(7-11-19)21-16-34-25(27-21)29-26-15-22-24(28-23-5-3-4-14-30(22)23)18-8-12-20(13-9-18)35(2,31)32/h3-16H,1-2H3,(H,27,29)/b26-15+. The van der Waals surface area contributed by atoms with Crippen molar-refractivity contribution in [2.45, 2.75) is 4.90 Å². The van der Waals surface area contributed by atoms with Crippen LogP contribution in [0.1, 0.15) is 5.69 Å². The van der Waals surface area contributed by atoms with Crippen molar-refractivity contribution in [1.29, 1.82) is 0 Å². The van der Waals surface area contributed by atoms with E-state index in [9.17, 15) is 8.42 Å². The van der Waals surface area contributed by atoms with E-state index < -0.39 is 9.84 Å². The van der Waals surface area contributed by atoms with Gasteiger partial charge in [-0.3, -0.25) is 9.83 Å². The Labute approximate surface area is 206 Å². The second-order valence-electron chi connectivity index (χ2n) is 7.71. The molecule has 35 heavy (non-hydrogen) atoms. The molecule has 0 amide bonds. The number of methoxy groups -OCH3 is 1. The van der Waals surface area contributed by atoms with E-state index in [2.05, 4.69) is 15.5 Å². The van der Waals surface area contributed by atoms with Gasteiger partial charge in [0.25, 0.3) is 0 Å². The van der Waals surface area contributed by atoms with Gasteiger partial charge in [0.15, 0.2) is 9.84 Å². The number of hydrogen-bond acceptors (Lipinski definition) is 8. The molecule has 5 aromatic rings. The lowest BCUT2D eigenvalue weighted by Crippen LogP contribution is -1.98. The van der Waals surface area contributed by atoms with Gasteiger partial charge in [-0.15, -0.1) is 11.3 Å². The molecule has 3 aromatic heterocycles. The van der Waals surface area contributed by atoms with Crippen LogP contribution in [0.3, 0.4) is 0 Å². The fraction of sp³-hybridized carbons (Fsp3) is 0.0800. The van der Waals surface area contributed by atoms with Crippen molar-refractivity contribution < 1.29 is 13.2 Å². The molecule has 0 aliphatic carbocycles. The van der Waals surface area contributed by atoms with Crippen LogP contribution in [-0.2, 0) is 9.84 Å². The second-order valence-corrected chi connectivity index (χ2v) is 10.6. The van der Waals surface area contributed by atoms with Crippen molar-refractivity contribution in [3.8, 4) is 28.3 Å². The number of benzene rings is 2. The molecule has 1 N–H and O–H groups in total. The number of hydrazone groups is 1. The van der Waals surface area contributed by atoms with Gasteiger partial charge < -0.3 is 4.74 Å². The largest absolute Gasteiger partial charge is 0.497 e. The zero-order valence-electron chi connectivity index (χ0n) is 18.9. The van der Waals surface area contributed by atoms with Crippen molar-refractivity contribution >= 4 is 38.2 Å². The first-order valence-corrected chi connectivity index (χ1v) is 13.4. The molecule has 0 fully saturated rings. The normalized spacial score (nSPS) is 11.8. The van der Waals surface area contributed by atoms with Crippen LogP contribution in [0, 0.1) is 0 Å². The molecule has 0 saturated heterocycles. The number of imidazole rings is 1. The third-order valence-electron chi connectivity index (χ3n) is 5.36. The SMILES string of the molecule is COc1ccc(-c2csc(N/N=C/c3c(-c4ccc(S(C)(=O)=O)cc4)nc4ccccn34)n2)cc1. The summed E-state index contributed by atoms with van der Waals surface area (Å²) >= 11 is 1.45. The Kier molecular flexibility index (Phi) is 6.06. The van der Waals surface area contributed by atoms with Crippen molar-refractivity contribution in [2.75, 3.05) is 18.8 Å². The number of nitrogens with one attached hydrogen (secondary N) is 1. The smallest absolute Gasteiger partial charge is 0.203 e. The first-order valence-electron chi connectivity index (χ1n) is 10.6. The number of fused-ring (bicyclic) bond motifs is 1. The molecule has 0 saturated carbocycles. The average Bonchev–Trinajstić information content (AvgIpc) is 3.49. The summed E-state index contributed by atoms with van der Waals surface area (Å²) in [6.07, 6.45) is 4.78. The Morgan fingerprint density at radius 1 is 1.00 bits per heavy atom. The summed E-state index contributed by atoms with van der Waals surface area (Å²) in [5.41, 5.74) is 7.83. The highest BCUT2D eigenvalue weighted by Gasteiger charge is 2.14. The van der Waals surface area contributed by atoms with Gasteiger partial charge in [0, 0.05) is 29.0 Å². The van der Waals surface area contributed by atoms with E-state index >= 15 is 0 Å². The highest BCUT2D eigenvalue weighted by Crippen LogP contribution is 2.27. The fourth-order valence-corrected chi connectivity index (χ4v) is 4.88. The monoisotopic (exact) mass is 503 g/mol. The lowest BCUT2D eigenvalue weighted by molar-refractivity contribution is 0.415. The molecule has 0 radical (unpaired) electrons. The highest BCUT2D eigenvalue weighted by molar-refractivity contribution is 7.90. The van der Waals surface area contributed by atoms with Crippen LogP contribution in [0.25, 0.3) is 28.2 Å². The third kappa shape index (κ3) is 4.79. The van der Waals surface area contributed by atoms with Crippen LogP contribution in [0.15, 0.2) is 88.3 Å². The van der Waals surface area contributed by atoms with E-state index in [0.29, 0.717) is 10.8 Å². The first-order chi connectivity index (χ1) is 16.9. The van der Waals surface area contributed by atoms with E-state index in [4.69, 9.17) is 9.72 Å². The number of rotatable bonds is 7. The van der Waals surface area contributed by atoms with E-state index in [1.165, 1.54) is 17.6 Å². The van der Waals surface area contributed by atoms with Gasteiger partial charge in [-0.05, 0) is 48.5 Å². The van der Waals surface area contributed by atoms with Gasteiger partial charge in [-0.2, -0.15) is 5.10 Å². The molecular formula is C25H21N5O3S2. The number of thiazole rings is 1. The van der Waals surface area contributed by atoms with Gasteiger partial charge in [-0.1, -0.05) is 18.2 Å².